The molecule has 1 heterocycles. The van der Waals surface area contributed by atoms with Gasteiger partial charge in [-0.15, -0.1) is 0 Å². The third kappa shape index (κ3) is 3.15. The SMILES string of the molecule is Cc1occc1C(=O)O[C@H](C)C(=O)Nc1cccc2ccccc12. The number of amides is 1. The molecule has 3 rings (SSSR count). The minimum atomic E-state index is -0.925. The normalized spacial score (nSPS) is 11.9. The summed E-state index contributed by atoms with van der Waals surface area (Å²) < 4.78 is 10.3. The summed E-state index contributed by atoms with van der Waals surface area (Å²) in [6.07, 6.45) is 0.484. The lowest BCUT2D eigenvalue weighted by molar-refractivity contribution is -0.123. The number of hydrogen-bond donors (Lipinski definition) is 1. The van der Waals surface area contributed by atoms with Gasteiger partial charge >= 0.3 is 5.97 Å². The van der Waals surface area contributed by atoms with Crippen LogP contribution in [0.25, 0.3) is 10.8 Å². The van der Waals surface area contributed by atoms with Crippen LogP contribution >= 0.6 is 0 Å². The average Bonchev–Trinajstić information content (AvgIpc) is 3.01. The van der Waals surface area contributed by atoms with Gasteiger partial charge in [-0.1, -0.05) is 36.4 Å². The highest BCUT2D eigenvalue weighted by Gasteiger charge is 2.21. The summed E-state index contributed by atoms with van der Waals surface area (Å²) in [5.41, 5.74) is 1.00. The molecule has 0 aliphatic rings. The maximum atomic E-state index is 12.3. The van der Waals surface area contributed by atoms with E-state index in [0.29, 0.717) is 17.0 Å². The summed E-state index contributed by atoms with van der Waals surface area (Å²) in [5.74, 6) is -0.510. The molecule has 0 spiro atoms. The Labute approximate surface area is 139 Å². The van der Waals surface area contributed by atoms with Crippen LogP contribution in [-0.2, 0) is 9.53 Å². The Morgan fingerprint density at radius 1 is 1.08 bits per heavy atom. The number of nitrogens with one attached hydrogen (secondary N) is 1. The summed E-state index contributed by atoms with van der Waals surface area (Å²) >= 11 is 0. The molecule has 0 radical (unpaired) electrons. The minimum Gasteiger partial charge on any atom is -0.469 e. The minimum absolute atomic E-state index is 0.319. The second kappa shape index (κ2) is 6.58. The lowest BCUT2D eigenvalue weighted by atomic mass is 10.1. The highest BCUT2D eigenvalue weighted by atomic mass is 16.5. The fraction of sp³-hybridized carbons (Fsp3) is 0.158. The first-order valence-corrected chi connectivity index (χ1v) is 7.60. The van der Waals surface area contributed by atoms with E-state index in [2.05, 4.69) is 5.32 Å². The summed E-state index contributed by atoms with van der Waals surface area (Å²) in [7, 11) is 0. The van der Waals surface area contributed by atoms with E-state index in [1.165, 1.54) is 19.3 Å². The van der Waals surface area contributed by atoms with Gasteiger partial charge in [-0.3, -0.25) is 4.79 Å². The molecule has 1 N–H and O–H groups in total. The maximum Gasteiger partial charge on any atom is 0.342 e. The Balaban J connectivity index is 1.72. The maximum absolute atomic E-state index is 12.3. The summed E-state index contributed by atoms with van der Waals surface area (Å²) in [5, 5.41) is 4.76. The third-order valence-electron chi connectivity index (χ3n) is 3.78. The van der Waals surface area contributed by atoms with Crippen molar-refractivity contribution in [1.29, 1.82) is 0 Å². The molecule has 0 aliphatic carbocycles. The zero-order chi connectivity index (χ0) is 17.1. The van der Waals surface area contributed by atoms with Gasteiger partial charge in [-0.05, 0) is 31.4 Å². The molecule has 5 nitrogen and oxygen atoms in total. The van der Waals surface area contributed by atoms with E-state index in [-0.39, 0.29) is 5.91 Å². The van der Waals surface area contributed by atoms with Gasteiger partial charge in [0.05, 0.1) is 6.26 Å². The van der Waals surface area contributed by atoms with Crippen molar-refractivity contribution in [2.75, 3.05) is 5.32 Å². The molecule has 1 amide bonds. The van der Waals surface area contributed by atoms with Crippen LogP contribution in [0.3, 0.4) is 0 Å². The lowest BCUT2D eigenvalue weighted by Crippen LogP contribution is -2.30. The Bertz CT molecular complexity index is 892. The zero-order valence-electron chi connectivity index (χ0n) is 13.4. The number of benzene rings is 2. The predicted octanol–water partition coefficient (Wildman–Crippen LogP) is 3.93. The van der Waals surface area contributed by atoms with Crippen molar-refractivity contribution < 1.29 is 18.7 Å². The van der Waals surface area contributed by atoms with Gasteiger partial charge in [0.1, 0.15) is 11.3 Å². The fourth-order valence-electron chi connectivity index (χ4n) is 2.44. The quantitative estimate of drug-likeness (QED) is 0.739. The molecule has 122 valence electrons. The molecule has 1 atom stereocenters. The van der Waals surface area contributed by atoms with Gasteiger partial charge < -0.3 is 14.5 Å². The number of aryl methyl sites for hydroxylation is 1. The predicted molar refractivity (Wildman–Crippen MR) is 90.9 cm³/mol. The van der Waals surface area contributed by atoms with E-state index >= 15 is 0 Å². The first-order valence-electron chi connectivity index (χ1n) is 7.60. The summed E-state index contributed by atoms with van der Waals surface area (Å²) in [6, 6.07) is 14.9. The third-order valence-corrected chi connectivity index (χ3v) is 3.78. The molecule has 24 heavy (non-hydrogen) atoms. The monoisotopic (exact) mass is 323 g/mol. The molecule has 0 unspecified atom stereocenters. The smallest absolute Gasteiger partial charge is 0.342 e. The van der Waals surface area contributed by atoms with Crippen molar-refractivity contribution in [1.82, 2.24) is 0 Å². The van der Waals surface area contributed by atoms with Crippen molar-refractivity contribution >= 4 is 28.3 Å². The number of carbonyl (C=O) groups is 2. The number of rotatable bonds is 4. The van der Waals surface area contributed by atoms with Crippen molar-refractivity contribution in [2.24, 2.45) is 0 Å². The van der Waals surface area contributed by atoms with Gasteiger partial charge in [-0.2, -0.15) is 0 Å². The fourth-order valence-corrected chi connectivity index (χ4v) is 2.44. The number of carbonyl (C=O) groups excluding carboxylic acids is 2. The number of fused-ring (bicyclic) bond motifs is 1. The molecule has 2 aromatic carbocycles. The van der Waals surface area contributed by atoms with Gasteiger partial charge in [0, 0.05) is 11.1 Å². The molecule has 5 heteroatoms. The first-order chi connectivity index (χ1) is 11.6. The molecule has 0 bridgehead atoms. The molecule has 0 saturated heterocycles. The Morgan fingerprint density at radius 2 is 1.83 bits per heavy atom. The van der Waals surface area contributed by atoms with Crippen molar-refractivity contribution in [2.45, 2.75) is 20.0 Å². The summed E-state index contributed by atoms with van der Waals surface area (Å²) in [4.78, 5) is 24.4. The Kier molecular flexibility index (Phi) is 4.33. The van der Waals surface area contributed by atoms with Gasteiger partial charge in [-0.25, -0.2) is 4.79 Å². The van der Waals surface area contributed by atoms with Crippen LogP contribution in [0.4, 0.5) is 5.69 Å². The number of hydrogen-bond acceptors (Lipinski definition) is 4. The average molecular weight is 323 g/mol. The van der Waals surface area contributed by atoms with Crippen LogP contribution < -0.4 is 5.32 Å². The Morgan fingerprint density at radius 3 is 2.58 bits per heavy atom. The summed E-state index contributed by atoms with van der Waals surface area (Å²) in [6.45, 7) is 3.20. The van der Waals surface area contributed by atoms with Crippen molar-refractivity contribution in [3.05, 3.63) is 66.1 Å². The second-order valence-corrected chi connectivity index (χ2v) is 5.45. The van der Waals surface area contributed by atoms with E-state index in [1.807, 2.05) is 42.5 Å². The molecule has 0 aliphatic heterocycles. The molecular formula is C19H17NO4. The van der Waals surface area contributed by atoms with Crippen LogP contribution in [-0.4, -0.2) is 18.0 Å². The first kappa shape index (κ1) is 15.8. The van der Waals surface area contributed by atoms with Crippen LogP contribution in [0.1, 0.15) is 23.0 Å². The van der Waals surface area contributed by atoms with E-state index in [1.54, 1.807) is 6.92 Å². The second-order valence-electron chi connectivity index (χ2n) is 5.45. The Hall–Kier alpha value is -3.08. The van der Waals surface area contributed by atoms with Crippen molar-refractivity contribution in [3.63, 3.8) is 0 Å². The largest absolute Gasteiger partial charge is 0.469 e. The van der Waals surface area contributed by atoms with Crippen molar-refractivity contribution in [3.8, 4) is 0 Å². The lowest BCUT2D eigenvalue weighted by Gasteiger charge is -2.14. The van der Waals surface area contributed by atoms with Crippen LogP contribution in [0.5, 0.6) is 0 Å². The van der Waals surface area contributed by atoms with Crippen LogP contribution in [0.15, 0.2) is 59.2 Å². The number of furan rings is 1. The highest BCUT2D eigenvalue weighted by molar-refractivity contribution is 6.04. The highest BCUT2D eigenvalue weighted by Crippen LogP contribution is 2.23. The van der Waals surface area contributed by atoms with Crippen LogP contribution in [0, 0.1) is 6.92 Å². The van der Waals surface area contributed by atoms with Crippen LogP contribution in [0.2, 0.25) is 0 Å². The number of anilines is 1. The zero-order valence-corrected chi connectivity index (χ0v) is 13.4. The topological polar surface area (TPSA) is 68.5 Å². The number of ether oxygens (including phenoxy) is 1. The van der Waals surface area contributed by atoms with E-state index in [4.69, 9.17) is 9.15 Å². The molecule has 0 saturated carbocycles. The van der Waals surface area contributed by atoms with Gasteiger partial charge in [0.25, 0.3) is 5.91 Å². The molecule has 0 fully saturated rings. The van der Waals surface area contributed by atoms with E-state index in [0.717, 1.165) is 10.8 Å². The van der Waals surface area contributed by atoms with E-state index < -0.39 is 12.1 Å². The standard InChI is InChI=1S/C19H17NO4/c1-12-15(10-11-23-12)19(22)24-13(2)18(21)20-17-9-5-7-14-6-3-4-8-16(14)17/h3-11,13H,1-2H3,(H,20,21)/t13-/m1/s1. The number of esters is 1. The molecule has 1 aromatic heterocycles. The van der Waals surface area contributed by atoms with Gasteiger partial charge in [0.15, 0.2) is 6.10 Å². The molecule has 3 aromatic rings. The van der Waals surface area contributed by atoms with Gasteiger partial charge in [0.2, 0.25) is 0 Å². The molecular weight excluding hydrogens is 306 g/mol. The van der Waals surface area contributed by atoms with E-state index in [9.17, 15) is 9.59 Å².